The summed E-state index contributed by atoms with van der Waals surface area (Å²) < 4.78 is 0. The standard InChI is InChI=1S/C16H25N.ClH/c1-13(2)15-10-8-14(9-11-15)12-17-16-6-4-3-5-7-16;/h8-11,13,16-17H,3-7,12H2,1-2H3;1H. The Morgan fingerprint density at radius 2 is 1.67 bits per heavy atom. The molecule has 1 N–H and O–H groups in total. The number of rotatable bonds is 4. The summed E-state index contributed by atoms with van der Waals surface area (Å²) in [5.41, 5.74) is 2.85. The molecule has 18 heavy (non-hydrogen) atoms. The highest BCUT2D eigenvalue weighted by Crippen LogP contribution is 2.18. The van der Waals surface area contributed by atoms with Crippen LogP contribution in [0.2, 0.25) is 0 Å². The van der Waals surface area contributed by atoms with E-state index in [1.807, 2.05) is 0 Å². The van der Waals surface area contributed by atoms with Crippen molar-refractivity contribution in [2.75, 3.05) is 0 Å². The lowest BCUT2D eigenvalue weighted by molar-refractivity contribution is 0.372. The van der Waals surface area contributed by atoms with E-state index in [0.29, 0.717) is 5.92 Å². The van der Waals surface area contributed by atoms with E-state index in [1.165, 1.54) is 43.2 Å². The molecule has 1 aliphatic rings. The van der Waals surface area contributed by atoms with Crippen molar-refractivity contribution in [2.24, 2.45) is 0 Å². The van der Waals surface area contributed by atoms with Crippen molar-refractivity contribution in [2.45, 2.75) is 64.5 Å². The SMILES string of the molecule is CC(C)c1ccc(CNC2CCCCC2)cc1.Cl. The fraction of sp³-hybridized carbons (Fsp3) is 0.625. The van der Waals surface area contributed by atoms with E-state index < -0.39 is 0 Å². The predicted molar refractivity (Wildman–Crippen MR) is 81.5 cm³/mol. The zero-order valence-electron chi connectivity index (χ0n) is 11.6. The summed E-state index contributed by atoms with van der Waals surface area (Å²) in [6, 6.07) is 9.83. The van der Waals surface area contributed by atoms with Crippen LogP contribution in [0.1, 0.15) is 63.0 Å². The maximum atomic E-state index is 3.69. The van der Waals surface area contributed by atoms with E-state index in [2.05, 4.69) is 43.4 Å². The van der Waals surface area contributed by atoms with Gasteiger partial charge in [-0.3, -0.25) is 0 Å². The Kier molecular flexibility index (Phi) is 6.73. The third-order valence-electron chi connectivity index (χ3n) is 3.85. The van der Waals surface area contributed by atoms with Crippen molar-refractivity contribution in [3.8, 4) is 0 Å². The molecule has 0 bridgehead atoms. The van der Waals surface area contributed by atoms with Gasteiger partial charge in [-0.05, 0) is 29.9 Å². The van der Waals surface area contributed by atoms with Crippen molar-refractivity contribution in [3.05, 3.63) is 35.4 Å². The molecule has 0 heterocycles. The highest BCUT2D eigenvalue weighted by atomic mass is 35.5. The van der Waals surface area contributed by atoms with E-state index in [4.69, 9.17) is 0 Å². The molecule has 1 aromatic rings. The van der Waals surface area contributed by atoms with Gasteiger partial charge in [-0.2, -0.15) is 0 Å². The average Bonchev–Trinajstić information content (AvgIpc) is 2.38. The van der Waals surface area contributed by atoms with Gasteiger partial charge in [0.05, 0.1) is 0 Å². The van der Waals surface area contributed by atoms with Crippen molar-refractivity contribution in [1.82, 2.24) is 5.32 Å². The first-order chi connectivity index (χ1) is 8.25. The van der Waals surface area contributed by atoms with Crippen LogP contribution in [0.25, 0.3) is 0 Å². The van der Waals surface area contributed by atoms with E-state index >= 15 is 0 Å². The monoisotopic (exact) mass is 267 g/mol. The third kappa shape index (κ3) is 4.62. The van der Waals surface area contributed by atoms with Gasteiger partial charge in [-0.1, -0.05) is 57.4 Å². The molecule has 0 aromatic heterocycles. The lowest BCUT2D eigenvalue weighted by Crippen LogP contribution is -2.30. The van der Waals surface area contributed by atoms with Crippen molar-refractivity contribution in [1.29, 1.82) is 0 Å². The van der Waals surface area contributed by atoms with Crippen molar-refractivity contribution in [3.63, 3.8) is 0 Å². The molecule has 0 atom stereocenters. The molecule has 1 fully saturated rings. The van der Waals surface area contributed by atoms with Crippen LogP contribution in [-0.4, -0.2) is 6.04 Å². The summed E-state index contributed by atoms with van der Waals surface area (Å²) in [7, 11) is 0. The van der Waals surface area contributed by atoms with Crippen molar-refractivity contribution >= 4 is 12.4 Å². The molecule has 0 saturated heterocycles. The molecule has 1 saturated carbocycles. The van der Waals surface area contributed by atoms with Crippen LogP contribution in [0.4, 0.5) is 0 Å². The highest BCUT2D eigenvalue weighted by molar-refractivity contribution is 5.85. The number of nitrogens with one attached hydrogen (secondary N) is 1. The number of halogens is 1. The summed E-state index contributed by atoms with van der Waals surface area (Å²) in [6.07, 6.45) is 6.98. The summed E-state index contributed by atoms with van der Waals surface area (Å²) in [6.45, 7) is 5.52. The molecule has 0 radical (unpaired) electrons. The summed E-state index contributed by atoms with van der Waals surface area (Å²) >= 11 is 0. The maximum absolute atomic E-state index is 3.69. The second kappa shape index (κ2) is 7.81. The predicted octanol–water partition coefficient (Wildman–Crippen LogP) is 4.65. The Balaban J connectivity index is 0.00000162. The summed E-state index contributed by atoms with van der Waals surface area (Å²) in [4.78, 5) is 0. The Labute approximate surface area is 118 Å². The highest BCUT2D eigenvalue weighted by Gasteiger charge is 2.12. The van der Waals surface area contributed by atoms with Crippen LogP contribution in [0.15, 0.2) is 24.3 Å². The van der Waals surface area contributed by atoms with Gasteiger partial charge >= 0.3 is 0 Å². The first kappa shape index (κ1) is 15.5. The Morgan fingerprint density at radius 1 is 1.06 bits per heavy atom. The average molecular weight is 268 g/mol. The number of benzene rings is 1. The van der Waals surface area contributed by atoms with Crippen LogP contribution in [0.3, 0.4) is 0 Å². The van der Waals surface area contributed by atoms with Crippen molar-refractivity contribution < 1.29 is 0 Å². The van der Waals surface area contributed by atoms with Gasteiger partial charge < -0.3 is 5.32 Å². The molecular weight excluding hydrogens is 242 g/mol. The third-order valence-corrected chi connectivity index (χ3v) is 3.85. The fourth-order valence-corrected chi connectivity index (χ4v) is 2.59. The molecule has 1 nitrogen and oxygen atoms in total. The van der Waals surface area contributed by atoms with E-state index in [9.17, 15) is 0 Å². The summed E-state index contributed by atoms with van der Waals surface area (Å²) in [5.74, 6) is 0.635. The van der Waals surface area contributed by atoms with Crippen LogP contribution >= 0.6 is 12.4 Å². The Hall–Kier alpha value is -0.530. The molecule has 0 amide bonds. The van der Waals surface area contributed by atoms with Gasteiger partial charge in [0.25, 0.3) is 0 Å². The fourth-order valence-electron chi connectivity index (χ4n) is 2.59. The van der Waals surface area contributed by atoms with Gasteiger partial charge in [0.15, 0.2) is 0 Å². The Morgan fingerprint density at radius 3 is 2.22 bits per heavy atom. The molecule has 2 rings (SSSR count). The van der Waals surface area contributed by atoms with E-state index in [1.54, 1.807) is 0 Å². The van der Waals surface area contributed by atoms with Crippen LogP contribution < -0.4 is 5.32 Å². The van der Waals surface area contributed by atoms with E-state index in [0.717, 1.165) is 12.6 Å². The van der Waals surface area contributed by atoms with E-state index in [-0.39, 0.29) is 12.4 Å². The molecule has 102 valence electrons. The van der Waals surface area contributed by atoms with Crippen LogP contribution in [-0.2, 0) is 6.54 Å². The zero-order chi connectivity index (χ0) is 12.1. The second-order valence-electron chi connectivity index (χ2n) is 5.61. The van der Waals surface area contributed by atoms with Crippen LogP contribution in [0.5, 0.6) is 0 Å². The number of hydrogen-bond donors (Lipinski definition) is 1. The first-order valence-electron chi connectivity index (χ1n) is 7.08. The normalized spacial score (nSPS) is 16.6. The first-order valence-corrected chi connectivity index (χ1v) is 7.08. The Bertz CT molecular complexity index is 325. The summed E-state index contributed by atoms with van der Waals surface area (Å²) in [5, 5.41) is 3.69. The molecule has 0 unspecified atom stereocenters. The van der Waals surface area contributed by atoms with Gasteiger partial charge in [0, 0.05) is 12.6 Å². The van der Waals surface area contributed by atoms with Gasteiger partial charge in [-0.15, -0.1) is 12.4 Å². The molecule has 1 aromatic carbocycles. The van der Waals surface area contributed by atoms with Gasteiger partial charge in [0.1, 0.15) is 0 Å². The minimum absolute atomic E-state index is 0. The largest absolute Gasteiger partial charge is 0.310 e. The molecule has 1 aliphatic carbocycles. The quantitative estimate of drug-likeness (QED) is 0.837. The number of hydrogen-bond acceptors (Lipinski definition) is 1. The van der Waals surface area contributed by atoms with Gasteiger partial charge in [0.2, 0.25) is 0 Å². The maximum Gasteiger partial charge on any atom is 0.0208 e. The lowest BCUT2D eigenvalue weighted by Gasteiger charge is -2.23. The van der Waals surface area contributed by atoms with Gasteiger partial charge in [-0.25, -0.2) is 0 Å². The second-order valence-corrected chi connectivity index (χ2v) is 5.61. The molecule has 0 aliphatic heterocycles. The molecule has 0 spiro atoms. The minimum atomic E-state index is 0. The minimum Gasteiger partial charge on any atom is -0.310 e. The van der Waals surface area contributed by atoms with Crippen LogP contribution in [0, 0.1) is 0 Å². The zero-order valence-corrected chi connectivity index (χ0v) is 12.4. The smallest absolute Gasteiger partial charge is 0.0208 e. The lowest BCUT2D eigenvalue weighted by atomic mass is 9.95. The molecular formula is C16H26ClN. The topological polar surface area (TPSA) is 12.0 Å². The molecule has 2 heteroatoms.